The number of hydrogen-bond donors (Lipinski definition) is 3. The number of halogens is 2. The Balaban J connectivity index is 2.15. The number of rotatable bonds is 6. The van der Waals surface area contributed by atoms with Crippen LogP contribution in [-0.2, 0) is 9.53 Å². The lowest BCUT2D eigenvalue weighted by atomic mass is 9.82. The second-order valence-electron chi connectivity index (χ2n) is 6.13. The molecule has 29 heavy (non-hydrogen) atoms. The number of H-pyrrole nitrogens is 2. The number of esters is 1. The summed E-state index contributed by atoms with van der Waals surface area (Å²) in [7, 11) is 0. The summed E-state index contributed by atoms with van der Waals surface area (Å²) in [4.78, 5) is 41.5. The minimum absolute atomic E-state index is 0.0433. The minimum atomic E-state index is -2.99. The average molecular weight is 405 g/mol. The predicted octanol–water partition coefficient (Wildman–Crippen LogP) is 2.23. The van der Waals surface area contributed by atoms with Gasteiger partial charge < -0.3 is 14.8 Å². The molecule has 0 unspecified atom stereocenters. The van der Waals surface area contributed by atoms with E-state index in [-0.39, 0.29) is 29.3 Å². The first-order chi connectivity index (χ1) is 13.8. The zero-order valence-electron chi connectivity index (χ0n) is 15.3. The maximum atomic E-state index is 12.7. The third-order valence-electron chi connectivity index (χ3n) is 4.26. The lowest BCUT2D eigenvalue weighted by Crippen LogP contribution is -2.35. The van der Waals surface area contributed by atoms with Crippen LogP contribution in [-0.4, -0.2) is 29.2 Å². The first-order valence-electron chi connectivity index (χ1n) is 8.49. The largest absolute Gasteiger partial charge is 0.458 e. The first-order valence-corrected chi connectivity index (χ1v) is 8.49. The molecule has 0 fully saturated rings. The zero-order chi connectivity index (χ0) is 21.1. The molecule has 0 saturated carbocycles. The first kappa shape index (κ1) is 20.1. The van der Waals surface area contributed by atoms with Crippen LogP contribution in [0.3, 0.4) is 0 Å². The third-order valence-corrected chi connectivity index (χ3v) is 4.26. The molecule has 3 N–H and O–H groups in total. The van der Waals surface area contributed by atoms with Gasteiger partial charge in [-0.3, -0.25) is 14.8 Å². The smallest absolute Gasteiger partial charge is 0.387 e. The molecule has 0 spiro atoms. The third kappa shape index (κ3) is 4.10. The number of anilines is 1. The fraction of sp³-hybridized carbons (Fsp3) is 0.211. The summed E-state index contributed by atoms with van der Waals surface area (Å²) < 4.78 is 34.3. The Morgan fingerprint density at radius 2 is 1.93 bits per heavy atom. The summed E-state index contributed by atoms with van der Waals surface area (Å²) in [6.07, 6.45) is 1.40. The molecule has 8 nitrogen and oxygen atoms in total. The molecule has 10 heteroatoms. The number of carbonyl (C=O) groups excluding carboxylic acids is 1. The molecule has 2 aromatic rings. The van der Waals surface area contributed by atoms with Crippen LogP contribution in [0.4, 0.5) is 14.6 Å². The second kappa shape index (κ2) is 8.13. The van der Waals surface area contributed by atoms with Crippen LogP contribution in [0.15, 0.2) is 57.8 Å². The highest BCUT2D eigenvalue weighted by molar-refractivity contribution is 5.94. The number of aromatic nitrogens is 2. The molecule has 152 valence electrons. The van der Waals surface area contributed by atoms with Gasteiger partial charge in [-0.15, -0.1) is 0 Å². The van der Waals surface area contributed by atoms with Crippen LogP contribution in [0.1, 0.15) is 24.0 Å². The molecule has 0 aliphatic carbocycles. The van der Waals surface area contributed by atoms with Gasteiger partial charge in [-0.25, -0.2) is 9.59 Å². The summed E-state index contributed by atoms with van der Waals surface area (Å²) in [6, 6.07) is 5.50. The van der Waals surface area contributed by atoms with Crippen molar-refractivity contribution in [1.29, 1.82) is 0 Å². The number of hydrogen-bond acceptors (Lipinski definition) is 6. The van der Waals surface area contributed by atoms with Crippen LogP contribution in [0.5, 0.6) is 5.75 Å². The number of allylic oxidation sites excluding steroid dienone is 1. The number of carbonyl (C=O) groups is 1. The predicted molar refractivity (Wildman–Crippen MR) is 100 cm³/mol. The molecular formula is C19H17F2N3O5. The van der Waals surface area contributed by atoms with Crippen LogP contribution < -0.4 is 21.3 Å². The van der Waals surface area contributed by atoms with E-state index in [4.69, 9.17) is 4.74 Å². The van der Waals surface area contributed by atoms with Crippen molar-refractivity contribution in [3.63, 3.8) is 0 Å². The van der Waals surface area contributed by atoms with Crippen LogP contribution in [0.25, 0.3) is 0 Å². The maximum Gasteiger partial charge on any atom is 0.387 e. The average Bonchev–Trinajstić information content (AvgIpc) is 2.65. The second-order valence-corrected chi connectivity index (χ2v) is 6.13. The van der Waals surface area contributed by atoms with Gasteiger partial charge in [0.1, 0.15) is 18.2 Å². The molecule has 1 aliphatic heterocycles. The number of ether oxygens (including phenoxy) is 2. The summed E-state index contributed by atoms with van der Waals surface area (Å²) in [6.45, 7) is 2.05. The van der Waals surface area contributed by atoms with Gasteiger partial charge in [0.05, 0.1) is 17.1 Å². The Labute approximate surface area is 162 Å². The quantitative estimate of drug-likeness (QED) is 0.502. The fourth-order valence-corrected chi connectivity index (χ4v) is 3.14. The molecular weight excluding hydrogens is 388 g/mol. The Morgan fingerprint density at radius 3 is 2.55 bits per heavy atom. The number of fused-ring (bicyclic) bond motifs is 1. The molecule has 2 heterocycles. The number of nitrogens with one attached hydrogen (secondary N) is 3. The van der Waals surface area contributed by atoms with Crippen LogP contribution in [0.2, 0.25) is 0 Å². The summed E-state index contributed by atoms with van der Waals surface area (Å²) >= 11 is 0. The van der Waals surface area contributed by atoms with Gasteiger partial charge in [0.2, 0.25) is 0 Å². The molecule has 0 amide bonds. The van der Waals surface area contributed by atoms with Gasteiger partial charge in [0, 0.05) is 5.70 Å². The van der Waals surface area contributed by atoms with Crippen molar-refractivity contribution in [1.82, 2.24) is 9.97 Å². The highest BCUT2D eigenvalue weighted by Crippen LogP contribution is 2.39. The number of aromatic amines is 2. The summed E-state index contributed by atoms with van der Waals surface area (Å²) in [5.41, 5.74) is -0.382. The van der Waals surface area contributed by atoms with E-state index in [1.165, 1.54) is 30.3 Å². The van der Waals surface area contributed by atoms with E-state index in [1.54, 1.807) is 6.92 Å². The normalized spacial score (nSPS) is 15.5. The molecule has 1 aromatic heterocycles. The monoisotopic (exact) mass is 405 g/mol. The van der Waals surface area contributed by atoms with Crippen LogP contribution >= 0.6 is 0 Å². The zero-order valence-corrected chi connectivity index (χ0v) is 15.3. The van der Waals surface area contributed by atoms with E-state index in [0.29, 0.717) is 11.3 Å². The molecule has 1 atom stereocenters. The lowest BCUT2D eigenvalue weighted by molar-refractivity contribution is -0.138. The highest BCUT2D eigenvalue weighted by atomic mass is 19.3. The topological polar surface area (TPSA) is 113 Å². The van der Waals surface area contributed by atoms with Crippen molar-refractivity contribution in [2.45, 2.75) is 19.5 Å². The van der Waals surface area contributed by atoms with E-state index >= 15 is 0 Å². The number of alkyl halides is 2. The van der Waals surface area contributed by atoms with Crippen molar-refractivity contribution in [3.8, 4) is 5.75 Å². The molecule has 1 aliphatic rings. The summed E-state index contributed by atoms with van der Waals surface area (Å²) in [5, 5.41) is 2.84. The minimum Gasteiger partial charge on any atom is -0.458 e. The van der Waals surface area contributed by atoms with Gasteiger partial charge in [0.15, 0.2) is 0 Å². The lowest BCUT2D eigenvalue weighted by Gasteiger charge is -2.28. The molecule has 0 radical (unpaired) electrons. The van der Waals surface area contributed by atoms with Gasteiger partial charge in [0.25, 0.3) is 5.56 Å². The van der Waals surface area contributed by atoms with E-state index in [1.807, 2.05) is 0 Å². The SMILES string of the molecule is C=CCOC(=O)C1=C(C)Nc2[nH]c(=O)[nH]c(=O)c2[C@H]1c1ccc(OC(F)F)cc1. The Kier molecular flexibility index (Phi) is 5.62. The van der Waals surface area contributed by atoms with Gasteiger partial charge in [-0.05, 0) is 24.6 Å². The van der Waals surface area contributed by atoms with Crippen molar-refractivity contribution >= 4 is 11.8 Å². The maximum absolute atomic E-state index is 12.7. The Hall–Kier alpha value is -3.69. The Bertz CT molecular complexity index is 1090. The van der Waals surface area contributed by atoms with E-state index in [0.717, 1.165) is 0 Å². The van der Waals surface area contributed by atoms with Gasteiger partial charge >= 0.3 is 18.3 Å². The Morgan fingerprint density at radius 1 is 1.24 bits per heavy atom. The van der Waals surface area contributed by atoms with Crippen molar-refractivity contribution < 1.29 is 23.0 Å². The van der Waals surface area contributed by atoms with Gasteiger partial charge in [-0.1, -0.05) is 24.8 Å². The van der Waals surface area contributed by atoms with Gasteiger partial charge in [-0.2, -0.15) is 8.78 Å². The van der Waals surface area contributed by atoms with Crippen molar-refractivity contribution in [3.05, 3.63) is 80.2 Å². The van der Waals surface area contributed by atoms with Crippen molar-refractivity contribution in [2.75, 3.05) is 11.9 Å². The highest BCUT2D eigenvalue weighted by Gasteiger charge is 2.36. The molecule has 0 bridgehead atoms. The fourth-order valence-electron chi connectivity index (χ4n) is 3.14. The summed E-state index contributed by atoms with van der Waals surface area (Å²) in [5.74, 6) is -1.55. The molecule has 0 saturated heterocycles. The van der Waals surface area contributed by atoms with E-state index in [2.05, 4.69) is 26.6 Å². The standard InChI is InChI=1S/C19H17F2N3O5/c1-3-8-28-17(26)12-9(2)22-15-14(16(25)24-19(27)23-15)13(12)10-4-6-11(7-5-10)29-18(20)21/h3-7,13,18H,1,8H2,2H3,(H3,22,23,24,25,27)/t13-/m0/s1. The molecule has 3 rings (SSSR count). The van der Waals surface area contributed by atoms with Crippen molar-refractivity contribution in [2.24, 2.45) is 0 Å². The van der Waals surface area contributed by atoms with E-state index in [9.17, 15) is 23.2 Å². The molecule has 1 aromatic carbocycles. The van der Waals surface area contributed by atoms with Crippen LogP contribution in [0, 0.1) is 0 Å². The number of benzene rings is 1. The van der Waals surface area contributed by atoms with E-state index < -0.39 is 29.7 Å².